The molecule has 0 atom stereocenters. The summed E-state index contributed by atoms with van der Waals surface area (Å²) in [6.45, 7) is 8.46. The second-order valence-electron chi connectivity index (χ2n) is 7.75. The van der Waals surface area contributed by atoms with Gasteiger partial charge < -0.3 is 10.6 Å². The van der Waals surface area contributed by atoms with E-state index in [1.807, 2.05) is 18.2 Å². The lowest BCUT2D eigenvalue weighted by atomic mass is 9.92. The largest absolute Gasteiger partial charge is 0.353 e. The number of benzene rings is 1. The zero-order valence-electron chi connectivity index (χ0n) is 16.0. The molecule has 1 saturated carbocycles. The molecule has 0 unspecified atom stereocenters. The number of hydrogen-bond acceptors (Lipinski definition) is 2. The minimum Gasteiger partial charge on any atom is -0.353 e. The van der Waals surface area contributed by atoms with E-state index < -0.39 is 0 Å². The van der Waals surface area contributed by atoms with Crippen molar-refractivity contribution in [1.29, 1.82) is 0 Å². The minimum atomic E-state index is -0.233. The Labute approximate surface area is 151 Å². The monoisotopic (exact) mass is 344 g/mol. The zero-order valence-corrected chi connectivity index (χ0v) is 16.0. The van der Waals surface area contributed by atoms with Gasteiger partial charge in [0, 0.05) is 11.7 Å². The summed E-state index contributed by atoms with van der Waals surface area (Å²) in [6.07, 6.45) is 5.52. The molecule has 1 aromatic carbocycles. The first kappa shape index (κ1) is 19.5. The summed E-state index contributed by atoms with van der Waals surface area (Å²) >= 11 is 0. The zero-order chi connectivity index (χ0) is 18.4. The fourth-order valence-electron chi connectivity index (χ4n) is 3.55. The van der Waals surface area contributed by atoms with Gasteiger partial charge in [-0.15, -0.1) is 0 Å². The molecule has 1 fully saturated rings. The molecule has 2 N–H and O–H groups in total. The van der Waals surface area contributed by atoms with Gasteiger partial charge in [-0.2, -0.15) is 0 Å². The third kappa shape index (κ3) is 5.58. The summed E-state index contributed by atoms with van der Waals surface area (Å²) in [4.78, 5) is 24.6. The van der Waals surface area contributed by atoms with Gasteiger partial charge in [0.1, 0.15) is 6.42 Å². The molecular weight excluding hydrogens is 312 g/mol. The maximum Gasteiger partial charge on any atom is 0.233 e. The molecule has 0 aliphatic heterocycles. The Morgan fingerprint density at radius 3 is 2.04 bits per heavy atom. The van der Waals surface area contributed by atoms with Crippen LogP contribution in [0.4, 0.5) is 5.69 Å². The smallest absolute Gasteiger partial charge is 0.233 e. The average molecular weight is 344 g/mol. The Bertz CT molecular complexity index is 576. The normalized spacial score (nSPS) is 15.4. The SMILES string of the molecule is CC(C)c1cccc(C(C)C)c1NC(=O)CC(=O)NC1CCCCC1. The lowest BCUT2D eigenvalue weighted by molar-refractivity contribution is -0.127. The van der Waals surface area contributed by atoms with Crippen LogP contribution in [0.2, 0.25) is 0 Å². The number of anilines is 1. The van der Waals surface area contributed by atoms with Crippen molar-refractivity contribution in [3.05, 3.63) is 29.3 Å². The molecule has 0 saturated heterocycles. The standard InChI is InChI=1S/C21H32N2O2/c1-14(2)17-11-8-12-18(15(3)4)21(17)23-20(25)13-19(24)22-16-9-6-5-7-10-16/h8,11-12,14-16H,5-7,9-10,13H2,1-4H3,(H,22,24)(H,23,25). The first-order valence-electron chi connectivity index (χ1n) is 9.60. The van der Waals surface area contributed by atoms with E-state index >= 15 is 0 Å². The van der Waals surface area contributed by atoms with E-state index in [1.165, 1.54) is 6.42 Å². The van der Waals surface area contributed by atoms with Crippen molar-refractivity contribution in [3.8, 4) is 0 Å². The predicted octanol–water partition coefficient (Wildman–Crippen LogP) is 4.71. The summed E-state index contributed by atoms with van der Waals surface area (Å²) in [5.74, 6) is 0.218. The summed E-state index contributed by atoms with van der Waals surface area (Å²) in [5.41, 5.74) is 3.11. The average Bonchev–Trinajstić information content (AvgIpc) is 2.55. The van der Waals surface area contributed by atoms with E-state index in [0.29, 0.717) is 11.8 Å². The van der Waals surface area contributed by atoms with Crippen LogP contribution in [0.3, 0.4) is 0 Å². The highest BCUT2D eigenvalue weighted by molar-refractivity contribution is 6.04. The Hall–Kier alpha value is -1.84. The van der Waals surface area contributed by atoms with E-state index in [4.69, 9.17) is 0 Å². The summed E-state index contributed by atoms with van der Waals surface area (Å²) < 4.78 is 0. The Morgan fingerprint density at radius 2 is 1.52 bits per heavy atom. The number of para-hydroxylation sites is 1. The van der Waals surface area contributed by atoms with Crippen molar-refractivity contribution in [2.24, 2.45) is 0 Å². The van der Waals surface area contributed by atoms with Gasteiger partial charge >= 0.3 is 0 Å². The van der Waals surface area contributed by atoms with Crippen LogP contribution in [-0.4, -0.2) is 17.9 Å². The fraction of sp³-hybridized carbons (Fsp3) is 0.619. The van der Waals surface area contributed by atoms with Gasteiger partial charge in [-0.05, 0) is 35.8 Å². The molecule has 0 heterocycles. The Balaban J connectivity index is 2.03. The first-order valence-corrected chi connectivity index (χ1v) is 9.60. The van der Waals surface area contributed by atoms with Crippen LogP contribution in [0.25, 0.3) is 0 Å². The van der Waals surface area contributed by atoms with E-state index in [9.17, 15) is 9.59 Å². The molecule has 0 bridgehead atoms. The highest BCUT2D eigenvalue weighted by Crippen LogP contribution is 2.32. The van der Waals surface area contributed by atoms with Gasteiger partial charge in [-0.3, -0.25) is 9.59 Å². The number of hydrogen-bond donors (Lipinski definition) is 2. The number of rotatable bonds is 6. The summed E-state index contributed by atoms with van der Waals surface area (Å²) in [7, 11) is 0. The van der Waals surface area contributed by atoms with Crippen LogP contribution < -0.4 is 10.6 Å². The molecular formula is C21H32N2O2. The molecule has 2 amide bonds. The highest BCUT2D eigenvalue weighted by atomic mass is 16.2. The van der Waals surface area contributed by atoms with Crippen molar-refractivity contribution in [3.63, 3.8) is 0 Å². The van der Waals surface area contributed by atoms with Crippen molar-refractivity contribution < 1.29 is 9.59 Å². The molecule has 0 radical (unpaired) electrons. The van der Waals surface area contributed by atoms with Gasteiger partial charge in [-0.1, -0.05) is 65.2 Å². The molecule has 1 aliphatic rings. The van der Waals surface area contributed by atoms with Crippen molar-refractivity contribution in [1.82, 2.24) is 5.32 Å². The van der Waals surface area contributed by atoms with E-state index in [0.717, 1.165) is 42.5 Å². The molecule has 138 valence electrons. The minimum absolute atomic E-state index is 0.111. The van der Waals surface area contributed by atoms with E-state index in [2.05, 4.69) is 38.3 Å². The highest BCUT2D eigenvalue weighted by Gasteiger charge is 2.20. The van der Waals surface area contributed by atoms with Crippen LogP contribution in [-0.2, 0) is 9.59 Å². The molecule has 1 aromatic rings. The van der Waals surface area contributed by atoms with E-state index in [-0.39, 0.29) is 24.3 Å². The van der Waals surface area contributed by atoms with Crippen LogP contribution in [0.5, 0.6) is 0 Å². The number of carbonyl (C=O) groups is 2. The van der Waals surface area contributed by atoms with Crippen molar-refractivity contribution >= 4 is 17.5 Å². The Kier molecular flexibility index (Phi) is 7.03. The topological polar surface area (TPSA) is 58.2 Å². The maximum absolute atomic E-state index is 12.4. The molecule has 25 heavy (non-hydrogen) atoms. The number of carbonyl (C=O) groups excluding carboxylic acids is 2. The summed E-state index contributed by atoms with van der Waals surface area (Å²) in [6, 6.07) is 6.38. The molecule has 4 nitrogen and oxygen atoms in total. The van der Waals surface area contributed by atoms with Crippen LogP contribution in [0.1, 0.15) is 89.2 Å². The second kappa shape index (κ2) is 9.02. The number of amides is 2. The van der Waals surface area contributed by atoms with Crippen molar-refractivity contribution in [2.45, 2.75) is 84.1 Å². The van der Waals surface area contributed by atoms with Crippen LogP contribution in [0.15, 0.2) is 18.2 Å². The quantitative estimate of drug-likeness (QED) is 0.734. The first-order chi connectivity index (χ1) is 11.9. The van der Waals surface area contributed by atoms with Crippen LogP contribution in [0, 0.1) is 0 Å². The second-order valence-corrected chi connectivity index (χ2v) is 7.75. The van der Waals surface area contributed by atoms with Crippen LogP contribution >= 0.6 is 0 Å². The maximum atomic E-state index is 12.4. The molecule has 1 aliphatic carbocycles. The Morgan fingerprint density at radius 1 is 0.960 bits per heavy atom. The number of nitrogens with one attached hydrogen (secondary N) is 2. The molecule has 0 aromatic heterocycles. The third-order valence-electron chi connectivity index (χ3n) is 4.93. The fourth-order valence-corrected chi connectivity index (χ4v) is 3.55. The van der Waals surface area contributed by atoms with Gasteiger partial charge in [0.15, 0.2) is 0 Å². The summed E-state index contributed by atoms with van der Waals surface area (Å²) in [5, 5.41) is 6.02. The van der Waals surface area contributed by atoms with Crippen molar-refractivity contribution in [2.75, 3.05) is 5.32 Å². The van der Waals surface area contributed by atoms with E-state index in [1.54, 1.807) is 0 Å². The van der Waals surface area contributed by atoms with Gasteiger partial charge in [0.05, 0.1) is 0 Å². The van der Waals surface area contributed by atoms with Gasteiger partial charge in [-0.25, -0.2) is 0 Å². The molecule has 4 heteroatoms. The molecule has 0 spiro atoms. The van der Waals surface area contributed by atoms with Gasteiger partial charge in [0.2, 0.25) is 11.8 Å². The molecule has 2 rings (SSSR count). The van der Waals surface area contributed by atoms with Gasteiger partial charge in [0.25, 0.3) is 0 Å². The lowest BCUT2D eigenvalue weighted by Gasteiger charge is -2.23. The third-order valence-corrected chi connectivity index (χ3v) is 4.93. The predicted molar refractivity (Wildman–Crippen MR) is 103 cm³/mol. The lowest BCUT2D eigenvalue weighted by Crippen LogP contribution is -2.38.